The summed E-state index contributed by atoms with van der Waals surface area (Å²) >= 11 is 0. The Morgan fingerprint density at radius 3 is 2.43 bits per heavy atom. The number of rotatable bonds is 3. The monoisotopic (exact) mass is 104 g/mol. The van der Waals surface area contributed by atoms with Crippen molar-refractivity contribution >= 4 is 0 Å². The molecule has 0 aliphatic rings. The molecule has 0 aliphatic carbocycles. The smallest absolute Gasteiger partial charge is 0.0650 e. The van der Waals surface area contributed by atoms with E-state index in [2.05, 4.69) is 10.9 Å². The van der Waals surface area contributed by atoms with E-state index in [1.165, 1.54) is 0 Å². The topological polar surface area (TPSA) is 76.1 Å². The van der Waals surface area contributed by atoms with E-state index in [9.17, 15) is 0 Å². The van der Waals surface area contributed by atoms with Crippen LogP contribution in [0.5, 0.6) is 0 Å². The maximum atomic E-state index is 5.25. The third kappa shape index (κ3) is 5.84. The molecule has 6 N–H and O–H groups in total. The summed E-state index contributed by atoms with van der Waals surface area (Å²) in [6.07, 6.45) is -0.0384. The van der Waals surface area contributed by atoms with Gasteiger partial charge in [0.25, 0.3) is 0 Å². The molecule has 0 aromatic rings. The molecule has 0 heterocycles. The standard InChI is InChI=1S/C3H12N4/c1-3(5)7-6-2-4/h3,6-7H,2,4-5H2,1H3. The van der Waals surface area contributed by atoms with Crippen molar-refractivity contribution in [3.05, 3.63) is 0 Å². The van der Waals surface area contributed by atoms with E-state index in [0.717, 1.165) is 0 Å². The van der Waals surface area contributed by atoms with Gasteiger partial charge in [-0.15, -0.1) is 0 Å². The number of hydrazine groups is 1. The fourth-order valence-electron chi connectivity index (χ4n) is 0.220. The average molecular weight is 104 g/mol. The Labute approximate surface area is 43.2 Å². The molecule has 0 fully saturated rings. The molecule has 4 heteroatoms. The van der Waals surface area contributed by atoms with Crippen LogP contribution in [0.1, 0.15) is 6.92 Å². The van der Waals surface area contributed by atoms with Crippen molar-refractivity contribution in [3.8, 4) is 0 Å². The zero-order valence-electron chi connectivity index (χ0n) is 4.44. The van der Waals surface area contributed by atoms with Crippen molar-refractivity contribution in [1.82, 2.24) is 10.9 Å². The largest absolute Gasteiger partial charge is 0.317 e. The lowest BCUT2D eigenvalue weighted by molar-refractivity contribution is 0.467. The second kappa shape index (κ2) is 4.01. The van der Waals surface area contributed by atoms with Crippen molar-refractivity contribution in [2.45, 2.75) is 13.1 Å². The molecule has 7 heavy (non-hydrogen) atoms. The summed E-state index contributed by atoms with van der Waals surface area (Å²) in [6.45, 7) is 2.23. The first-order valence-electron chi connectivity index (χ1n) is 2.21. The highest BCUT2D eigenvalue weighted by Crippen LogP contribution is 1.54. The molecule has 0 bridgehead atoms. The number of hydrogen-bond acceptors (Lipinski definition) is 4. The molecule has 1 unspecified atom stereocenters. The van der Waals surface area contributed by atoms with E-state index in [-0.39, 0.29) is 6.17 Å². The minimum atomic E-state index is -0.0384. The molecule has 4 nitrogen and oxygen atoms in total. The second-order valence-corrected chi connectivity index (χ2v) is 1.31. The lowest BCUT2D eigenvalue weighted by Crippen LogP contribution is -2.46. The molecule has 0 aromatic carbocycles. The summed E-state index contributed by atoms with van der Waals surface area (Å²) in [5, 5.41) is 0. The predicted molar refractivity (Wildman–Crippen MR) is 29.0 cm³/mol. The Hall–Kier alpha value is -0.160. The lowest BCUT2D eigenvalue weighted by atomic mass is 10.6. The Morgan fingerprint density at radius 2 is 2.29 bits per heavy atom. The third-order valence-electron chi connectivity index (χ3n) is 0.432. The van der Waals surface area contributed by atoms with Crippen molar-refractivity contribution in [3.63, 3.8) is 0 Å². The number of nitrogens with one attached hydrogen (secondary N) is 2. The van der Waals surface area contributed by atoms with Gasteiger partial charge in [0, 0.05) is 0 Å². The molecule has 0 radical (unpaired) electrons. The molecule has 0 saturated heterocycles. The molecule has 1 atom stereocenters. The Kier molecular flexibility index (Phi) is 3.92. The van der Waals surface area contributed by atoms with E-state index in [1.54, 1.807) is 0 Å². The van der Waals surface area contributed by atoms with E-state index in [0.29, 0.717) is 6.67 Å². The van der Waals surface area contributed by atoms with Crippen LogP contribution in [0.25, 0.3) is 0 Å². The Morgan fingerprint density at radius 1 is 1.71 bits per heavy atom. The minimum Gasteiger partial charge on any atom is -0.317 e. The van der Waals surface area contributed by atoms with Crippen LogP contribution in [0.2, 0.25) is 0 Å². The Balaban J connectivity index is 2.68. The van der Waals surface area contributed by atoms with Gasteiger partial charge in [0.05, 0.1) is 12.8 Å². The summed E-state index contributed by atoms with van der Waals surface area (Å²) in [5.41, 5.74) is 15.6. The summed E-state index contributed by atoms with van der Waals surface area (Å²) in [4.78, 5) is 0. The summed E-state index contributed by atoms with van der Waals surface area (Å²) < 4.78 is 0. The zero-order valence-corrected chi connectivity index (χ0v) is 4.44. The second-order valence-electron chi connectivity index (χ2n) is 1.31. The van der Waals surface area contributed by atoms with Crippen molar-refractivity contribution in [1.29, 1.82) is 0 Å². The van der Waals surface area contributed by atoms with E-state index >= 15 is 0 Å². The van der Waals surface area contributed by atoms with Gasteiger partial charge in [-0.2, -0.15) is 0 Å². The highest BCUT2D eigenvalue weighted by Gasteiger charge is 1.83. The van der Waals surface area contributed by atoms with Gasteiger partial charge in [-0.05, 0) is 6.92 Å². The maximum Gasteiger partial charge on any atom is 0.0650 e. The fourth-order valence-corrected chi connectivity index (χ4v) is 0.220. The summed E-state index contributed by atoms with van der Waals surface area (Å²) in [6, 6.07) is 0. The summed E-state index contributed by atoms with van der Waals surface area (Å²) in [5.74, 6) is 0. The van der Waals surface area contributed by atoms with E-state index < -0.39 is 0 Å². The van der Waals surface area contributed by atoms with Gasteiger partial charge in [-0.1, -0.05) is 0 Å². The minimum absolute atomic E-state index is 0.0384. The molecular formula is C3H12N4. The highest BCUT2D eigenvalue weighted by molar-refractivity contribution is 4.40. The SMILES string of the molecule is CC(N)NNCN. The predicted octanol–water partition coefficient (Wildman–Crippen LogP) is -1.70. The molecule has 0 spiro atoms. The molecule has 0 rings (SSSR count). The molecule has 44 valence electrons. The Bertz CT molecular complexity index is 35.9. The lowest BCUT2D eigenvalue weighted by Gasteiger charge is -2.05. The van der Waals surface area contributed by atoms with Gasteiger partial charge in [0.2, 0.25) is 0 Å². The third-order valence-corrected chi connectivity index (χ3v) is 0.432. The van der Waals surface area contributed by atoms with E-state index in [4.69, 9.17) is 11.5 Å². The average Bonchev–Trinajstić information content (AvgIpc) is 1.61. The van der Waals surface area contributed by atoms with Crippen LogP contribution in [0.4, 0.5) is 0 Å². The van der Waals surface area contributed by atoms with Gasteiger partial charge in [-0.3, -0.25) is 0 Å². The zero-order chi connectivity index (χ0) is 5.70. The van der Waals surface area contributed by atoms with E-state index in [1.807, 2.05) is 6.92 Å². The first-order chi connectivity index (χ1) is 3.27. The maximum absolute atomic E-state index is 5.25. The van der Waals surface area contributed by atoms with Gasteiger partial charge in [-0.25, -0.2) is 10.9 Å². The van der Waals surface area contributed by atoms with Gasteiger partial charge >= 0.3 is 0 Å². The van der Waals surface area contributed by atoms with Crippen molar-refractivity contribution in [2.75, 3.05) is 6.67 Å². The quantitative estimate of drug-likeness (QED) is 0.254. The van der Waals surface area contributed by atoms with Crippen LogP contribution in [-0.2, 0) is 0 Å². The highest BCUT2D eigenvalue weighted by atomic mass is 15.4. The van der Waals surface area contributed by atoms with Crippen LogP contribution < -0.4 is 22.3 Å². The van der Waals surface area contributed by atoms with Gasteiger partial charge in [0.1, 0.15) is 0 Å². The van der Waals surface area contributed by atoms with Crippen molar-refractivity contribution < 1.29 is 0 Å². The molecule has 0 aromatic heterocycles. The fraction of sp³-hybridized carbons (Fsp3) is 1.00. The number of hydrogen-bond donors (Lipinski definition) is 4. The molecule has 0 saturated carbocycles. The normalized spacial score (nSPS) is 14.1. The van der Waals surface area contributed by atoms with Crippen LogP contribution >= 0.6 is 0 Å². The van der Waals surface area contributed by atoms with Gasteiger partial charge < -0.3 is 11.5 Å². The molecular weight excluding hydrogens is 92.1 g/mol. The number of nitrogens with two attached hydrogens (primary N) is 2. The van der Waals surface area contributed by atoms with Crippen LogP contribution in [0.15, 0.2) is 0 Å². The van der Waals surface area contributed by atoms with Gasteiger partial charge in [0.15, 0.2) is 0 Å². The first-order valence-corrected chi connectivity index (χ1v) is 2.21. The summed E-state index contributed by atoms with van der Waals surface area (Å²) in [7, 11) is 0. The van der Waals surface area contributed by atoms with Crippen LogP contribution in [0, 0.1) is 0 Å². The van der Waals surface area contributed by atoms with Crippen molar-refractivity contribution in [2.24, 2.45) is 11.5 Å². The molecule has 0 aliphatic heterocycles. The van der Waals surface area contributed by atoms with Crippen LogP contribution in [-0.4, -0.2) is 12.8 Å². The first kappa shape index (κ1) is 6.84. The van der Waals surface area contributed by atoms with Crippen LogP contribution in [0.3, 0.4) is 0 Å². The molecule has 0 amide bonds.